The molecule has 2 fully saturated rings. The molecule has 6 unspecified atom stereocenters. The third-order valence-electron chi connectivity index (χ3n) is 5.04. The van der Waals surface area contributed by atoms with Gasteiger partial charge in [0.2, 0.25) is 0 Å². The summed E-state index contributed by atoms with van der Waals surface area (Å²) in [5, 5.41) is 7.40. The minimum atomic E-state index is 0.624. The Morgan fingerprint density at radius 1 is 0.800 bits per heavy atom. The summed E-state index contributed by atoms with van der Waals surface area (Å²) in [5.74, 6) is 0. The van der Waals surface area contributed by atoms with Crippen LogP contribution in [0.4, 0.5) is 0 Å². The van der Waals surface area contributed by atoms with Crippen LogP contribution in [-0.2, 0) is 0 Å². The predicted octanol–water partition coefficient (Wildman–Crippen LogP) is 1.13. The lowest BCUT2D eigenvalue weighted by atomic mass is 10.1. The second-order valence-electron chi connectivity index (χ2n) is 6.98. The molecule has 0 saturated carbocycles. The Morgan fingerprint density at radius 3 is 2.30 bits per heavy atom. The lowest BCUT2D eigenvalue weighted by Crippen LogP contribution is -2.55. The first kappa shape index (κ1) is 16.2. The number of fused-ring (bicyclic) bond motifs is 3. The largest absolute Gasteiger partial charge is 0.313 e. The van der Waals surface area contributed by atoms with Crippen molar-refractivity contribution in [3.63, 3.8) is 0 Å². The molecule has 2 N–H and O–H groups in total. The number of nitrogens with zero attached hydrogens (tertiary/aromatic N) is 2. The molecule has 2 heterocycles. The van der Waals surface area contributed by atoms with E-state index in [4.69, 9.17) is 0 Å². The first-order chi connectivity index (χ1) is 9.56. The molecule has 2 saturated heterocycles. The smallest absolute Gasteiger partial charge is 0.0198 e. The van der Waals surface area contributed by atoms with Crippen molar-refractivity contribution in [2.75, 3.05) is 39.3 Å². The molecular formula is C16H34N4. The van der Waals surface area contributed by atoms with Crippen molar-refractivity contribution in [3.05, 3.63) is 0 Å². The van der Waals surface area contributed by atoms with Crippen LogP contribution in [0.1, 0.15) is 40.5 Å². The maximum Gasteiger partial charge on any atom is 0.0198 e. The van der Waals surface area contributed by atoms with Gasteiger partial charge in [-0.25, -0.2) is 0 Å². The van der Waals surface area contributed by atoms with Crippen LogP contribution in [0.2, 0.25) is 0 Å². The summed E-state index contributed by atoms with van der Waals surface area (Å²) in [6, 6.07) is 2.54. The molecule has 2 rings (SSSR count). The van der Waals surface area contributed by atoms with Gasteiger partial charge in [-0.2, -0.15) is 0 Å². The van der Waals surface area contributed by atoms with Crippen molar-refractivity contribution in [2.24, 2.45) is 0 Å². The summed E-state index contributed by atoms with van der Waals surface area (Å²) in [6.45, 7) is 16.5. The van der Waals surface area contributed by atoms with Gasteiger partial charge in [0.25, 0.3) is 0 Å². The zero-order valence-electron chi connectivity index (χ0n) is 13.9. The van der Waals surface area contributed by atoms with Gasteiger partial charge >= 0.3 is 0 Å². The predicted molar refractivity (Wildman–Crippen MR) is 86.2 cm³/mol. The molecule has 0 aliphatic carbocycles. The maximum absolute atomic E-state index is 3.72. The monoisotopic (exact) mass is 282 g/mol. The number of hydrogen-bond donors (Lipinski definition) is 2. The lowest BCUT2D eigenvalue weighted by Gasteiger charge is -2.41. The van der Waals surface area contributed by atoms with E-state index in [2.05, 4.69) is 48.1 Å². The summed E-state index contributed by atoms with van der Waals surface area (Å²) in [5.41, 5.74) is 0. The fourth-order valence-corrected chi connectivity index (χ4v) is 3.53. The van der Waals surface area contributed by atoms with Crippen molar-refractivity contribution in [1.29, 1.82) is 0 Å². The van der Waals surface area contributed by atoms with Crippen LogP contribution in [0.15, 0.2) is 0 Å². The van der Waals surface area contributed by atoms with Crippen LogP contribution in [0.3, 0.4) is 0 Å². The van der Waals surface area contributed by atoms with Crippen molar-refractivity contribution in [1.82, 2.24) is 20.4 Å². The van der Waals surface area contributed by atoms with Crippen molar-refractivity contribution in [2.45, 2.75) is 64.7 Å². The highest BCUT2D eigenvalue weighted by Crippen LogP contribution is 2.13. The molecule has 2 bridgehead atoms. The highest BCUT2D eigenvalue weighted by Gasteiger charge is 2.25. The SMILES string of the molecule is CC1CCN2C(C)CNC(C)CCN(CCN1)CC2C. The standard InChI is InChI=1S/C16H34N4/c1-13-6-9-20-15(3)11-18-14(2)5-8-19(10-7-17-13)12-16(20)4/h13-18H,5-12H2,1-4H3. The molecular weight excluding hydrogens is 248 g/mol. The molecule has 0 aromatic carbocycles. The Hall–Kier alpha value is -0.160. The van der Waals surface area contributed by atoms with Crippen molar-refractivity contribution >= 4 is 0 Å². The summed E-state index contributed by atoms with van der Waals surface area (Å²) in [7, 11) is 0. The van der Waals surface area contributed by atoms with E-state index in [-0.39, 0.29) is 0 Å². The zero-order valence-corrected chi connectivity index (χ0v) is 13.9. The minimum absolute atomic E-state index is 0.624. The first-order valence-corrected chi connectivity index (χ1v) is 8.51. The minimum Gasteiger partial charge on any atom is -0.313 e. The summed E-state index contributed by atoms with van der Waals surface area (Å²) < 4.78 is 0. The Kier molecular flexibility index (Phi) is 6.27. The topological polar surface area (TPSA) is 30.5 Å². The molecule has 0 aromatic heterocycles. The van der Waals surface area contributed by atoms with Gasteiger partial charge in [0.1, 0.15) is 0 Å². The van der Waals surface area contributed by atoms with E-state index in [1.54, 1.807) is 0 Å². The van der Waals surface area contributed by atoms with Crippen LogP contribution in [0.5, 0.6) is 0 Å². The first-order valence-electron chi connectivity index (χ1n) is 8.51. The van der Waals surface area contributed by atoms with E-state index in [9.17, 15) is 0 Å². The molecule has 6 atom stereocenters. The average Bonchev–Trinajstić information content (AvgIpc) is 2.41. The molecule has 4 heteroatoms. The lowest BCUT2D eigenvalue weighted by molar-refractivity contribution is 0.0900. The third kappa shape index (κ3) is 4.69. The third-order valence-corrected chi connectivity index (χ3v) is 5.04. The maximum atomic E-state index is 3.72. The van der Waals surface area contributed by atoms with Gasteiger partial charge in [0.05, 0.1) is 0 Å². The molecule has 2 aliphatic heterocycles. The highest BCUT2D eigenvalue weighted by atomic mass is 15.3. The Labute approximate surface area is 125 Å². The zero-order chi connectivity index (χ0) is 14.5. The second-order valence-corrected chi connectivity index (χ2v) is 6.98. The van der Waals surface area contributed by atoms with Gasteiger partial charge in [0, 0.05) is 56.9 Å². The summed E-state index contributed by atoms with van der Waals surface area (Å²) in [6.07, 6.45) is 2.51. The van der Waals surface area contributed by atoms with Crippen molar-refractivity contribution in [3.8, 4) is 0 Å². The van der Waals surface area contributed by atoms with E-state index in [1.807, 2.05) is 0 Å². The number of nitrogens with one attached hydrogen (secondary N) is 2. The van der Waals surface area contributed by atoms with Gasteiger partial charge in [0.15, 0.2) is 0 Å². The van der Waals surface area contributed by atoms with Crippen LogP contribution >= 0.6 is 0 Å². The van der Waals surface area contributed by atoms with Crippen LogP contribution < -0.4 is 10.6 Å². The van der Waals surface area contributed by atoms with Gasteiger partial charge < -0.3 is 15.5 Å². The van der Waals surface area contributed by atoms with Crippen LogP contribution in [0.25, 0.3) is 0 Å². The van der Waals surface area contributed by atoms with Crippen molar-refractivity contribution < 1.29 is 0 Å². The molecule has 118 valence electrons. The molecule has 0 amide bonds. The van der Waals surface area contributed by atoms with E-state index in [1.165, 1.54) is 39.0 Å². The van der Waals surface area contributed by atoms with Gasteiger partial charge in [-0.1, -0.05) is 0 Å². The van der Waals surface area contributed by atoms with Gasteiger partial charge in [-0.3, -0.25) is 4.90 Å². The van der Waals surface area contributed by atoms with Crippen LogP contribution in [0, 0.1) is 0 Å². The van der Waals surface area contributed by atoms with Gasteiger partial charge in [-0.15, -0.1) is 0 Å². The normalized spacial score (nSPS) is 45.0. The molecule has 20 heavy (non-hydrogen) atoms. The quantitative estimate of drug-likeness (QED) is 0.697. The second kappa shape index (κ2) is 7.74. The Balaban J connectivity index is 2.11. The highest BCUT2D eigenvalue weighted by molar-refractivity contribution is 4.83. The molecule has 0 aromatic rings. The Bertz CT molecular complexity index is 282. The van der Waals surface area contributed by atoms with Gasteiger partial charge in [-0.05, 0) is 47.1 Å². The summed E-state index contributed by atoms with van der Waals surface area (Å²) >= 11 is 0. The fraction of sp³-hybridized carbons (Fsp3) is 1.00. The van der Waals surface area contributed by atoms with E-state index < -0.39 is 0 Å². The summed E-state index contributed by atoms with van der Waals surface area (Å²) in [4.78, 5) is 5.36. The van der Waals surface area contributed by atoms with E-state index >= 15 is 0 Å². The Morgan fingerprint density at radius 2 is 1.50 bits per heavy atom. The fourth-order valence-electron chi connectivity index (χ4n) is 3.53. The van der Waals surface area contributed by atoms with Crippen LogP contribution in [-0.4, -0.2) is 73.2 Å². The number of rotatable bonds is 0. The molecule has 0 spiro atoms. The van der Waals surface area contributed by atoms with E-state index in [0.717, 1.165) is 13.1 Å². The van der Waals surface area contributed by atoms with E-state index in [0.29, 0.717) is 24.2 Å². The molecule has 4 nitrogen and oxygen atoms in total. The molecule has 0 radical (unpaired) electrons. The molecule has 2 aliphatic rings. The number of hydrogen-bond acceptors (Lipinski definition) is 4. The average molecular weight is 282 g/mol.